The van der Waals surface area contributed by atoms with Gasteiger partial charge in [0.25, 0.3) is 5.56 Å². The maximum Gasteiger partial charge on any atom is 0.261 e. The number of amides is 2. The van der Waals surface area contributed by atoms with Crippen LogP contribution in [0, 0.1) is 11.8 Å². The first-order valence-electron chi connectivity index (χ1n) is 11.1. The van der Waals surface area contributed by atoms with Gasteiger partial charge in [0.1, 0.15) is 0 Å². The van der Waals surface area contributed by atoms with Gasteiger partial charge < -0.3 is 9.80 Å². The molecule has 7 heteroatoms. The number of hydrogen-bond acceptors (Lipinski definition) is 4. The first-order valence-corrected chi connectivity index (χ1v) is 11.1. The van der Waals surface area contributed by atoms with Crippen LogP contribution in [0.25, 0.3) is 10.9 Å². The van der Waals surface area contributed by atoms with Crippen LogP contribution in [0.2, 0.25) is 0 Å². The smallest absolute Gasteiger partial charge is 0.261 e. The minimum absolute atomic E-state index is 0.0531. The van der Waals surface area contributed by atoms with Crippen molar-refractivity contribution >= 4 is 22.7 Å². The Morgan fingerprint density at radius 2 is 2.00 bits per heavy atom. The second kappa shape index (κ2) is 7.85. The molecular formula is C23H28N4O3. The first kappa shape index (κ1) is 19.3. The van der Waals surface area contributed by atoms with E-state index in [2.05, 4.69) is 9.88 Å². The third kappa shape index (κ3) is 3.50. The summed E-state index contributed by atoms with van der Waals surface area (Å²) in [5.74, 6) is 1.29. The topological polar surface area (TPSA) is 75.5 Å². The van der Waals surface area contributed by atoms with E-state index in [4.69, 9.17) is 0 Å². The monoisotopic (exact) mass is 408 g/mol. The molecule has 3 aliphatic rings. The number of fused-ring (bicyclic) bond motifs is 5. The van der Waals surface area contributed by atoms with E-state index in [1.54, 1.807) is 17.0 Å². The average Bonchev–Trinajstić information content (AvgIpc) is 2.76. The van der Waals surface area contributed by atoms with E-state index in [0.29, 0.717) is 60.5 Å². The zero-order valence-corrected chi connectivity index (χ0v) is 17.2. The highest BCUT2D eigenvalue weighted by molar-refractivity contribution is 5.78. The lowest BCUT2D eigenvalue weighted by Crippen LogP contribution is -2.61. The summed E-state index contributed by atoms with van der Waals surface area (Å²) in [6.45, 7) is 2.82. The second-order valence-corrected chi connectivity index (χ2v) is 9.03. The fraction of sp³-hybridized carbons (Fsp3) is 0.565. The molecular weight excluding hydrogens is 380 g/mol. The molecule has 3 atom stereocenters. The van der Waals surface area contributed by atoms with Crippen molar-refractivity contribution < 1.29 is 9.59 Å². The molecule has 2 bridgehead atoms. The predicted octanol–water partition coefficient (Wildman–Crippen LogP) is 2.04. The van der Waals surface area contributed by atoms with Crippen molar-refractivity contribution in [3.05, 3.63) is 40.9 Å². The van der Waals surface area contributed by atoms with Gasteiger partial charge in [-0.25, -0.2) is 4.98 Å². The largest absolute Gasteiger partial charge is 0.342 e. The van der Waals surface area contributed by atoms with Gasteiger partial charge in [0.15, 0.2) is 0 Å². The van der Waals surface area contributed by atoms with Crippen molar-refractivity contribution in [3.63, 3.8) is 0 Å². The normalized spacial score (nSPS) is 26.0. The van der Waals surface area contributed by atoms with Gasteiger partial charge in [-0.05, 0) is 49.7 Å². The molecule has 0 aliphatic carbocycles. The highest BCUT2D eigenvalue weighted by Crippen LogP contribution is 2.38. The van der Waals surface area contributed by atoms with E-state index in [1.807, 2.05) is 23.1 Å². The van der Waals surface area contributed by atoms with E-state index in [9.17, 15) is 14.4 Å². The van der Waals surface area contributed by atoms with E-state index < -0.39 is 0 Å². The molecule has 5 rings (SSSR count). The number of aromatic nitrogens is 2. The molecule has 30 heavy (non-hydrogen) atoms. The maximum absolute atomic E-state index is 12.9. The van der Waals surface area contributed by atoms with E-state index in [1.165, 1.54) is 0 Å². The zero-order valence-electron chi connectivity index (χ0n) is 17.2. The second-order valence-electron chi connectivity index (χ2n) is 9.03. The van der Waals surface area contributed by atoms with Crippen LogP contribution in [0.4, 0.5) is 0 Å². The van der Waals surface area contributed by atoms with Crippen LogP contribution >= 0.6 is 0 Å². The van der Waals surface area contributed by atoms with Crippen LogP contribution in [0.3, 0.4) is 0 Å². The molecule has 2 aromatic rings. The van der Waals surface area contributed by atoms with Crippen molar-refractivity contribution in [1.82, 2.24) is 19.4 Å². The molecule has 3 fully saturated rings. The van der Waals surface area contributed by atoms with E-state index in [0.717, 1.165) is 38.9 Å². The third-order valence-electron chi connectivity index (χ3n) is 7.05. The molecule has 1 aromatic carbocycles. The quantitative estimate of drug-likeness (QED) is 0.776. The average molecular weight is 409 g/mol. The minimum atomic E-state index is -0.0531. The van der Waals surface area contributed by atoms with Crippen LogP contribution in [-0.2, 0) is 16.1 Å². The minimum Gasteiger partial charge on any atom is -0.342 e. The third-order valence-corrected chi connectivity index (χ3v) is 7.05. The summed E-state index contributed by atoms with van der Waals surface area (Å²) in [7, 11) is 0. The van der Waals surface area contributed by atoms with Crippen molar-refractivity contribution in [1.29, 1.82) is 0 Å². The molecule has 158 valence electrons. The standard InChI is InChI=1S/C23H28N4O3/c28-21(9-4-10-25-15-24-19-6-2-1-5-18(19)23(25)30)26-12-16-11-17(14-26)20-7-3-8-22(29)27(20)13-16/h1-2,5-6,15-17,20H,3-4,7-14H2/t16-,17+,20?/m0/s1. The van der Waals surface area contributed by atoms with Crippen molar-refractivity contribution in [2.75, 3.05) is 19.6 Å². The Kier molecular flexibility index (Phi) is 5.05. The molecule has 2 amide bonds. The lowest BCUT2D eigenvalue weighted by molar-refractivity contribution is -0.148. The van der Waals surface area contributed by atoms with Gasteiger partial charge in [-0.2, -0.15) is 0 Å². The highest BCUT2D eigenvalue weighted by Gasteiger charge is 2.44. The summed E-state index contributed by atoms with van der Waals surface area (Å²) in [5.41, 5.74) is 0.646. The maximum atomic E-state index is 12.9. The molecule has 0 N–H and O–H groups in total. The Bertz CT molecular complexity index is 1030. The number of aryl methyl sites for hydroxylation is 1. The van der Waals surface area contributed by atoms with Gasteiger partial charge in [-0.3, -0.25) is 19.0 Å². The summed E-state index contributed by atoms with van der Waals surface area (Å²) in [6, 6.07) is 7.65. The molecule has 1 unspecified atom stereocenters. The zero-order chi connectivity index (χ0) is 20.7. The number of carbonyl (C=O) groups excluding carboxylic acids is 2. The number of hydrogen-bond donors (Lipinski definition) is 0. The van der Waals surface area contributed by atoms with Crippen molar-refractivity contribution in [2.24, 2.45) is 11.8 Å². The van der Waals surface area contributed by atoms with Crippen molar-refractivity contribution in [3.8, 4) is 0 Å². The Balaban J connectivity index is 1.19. The number of likely N-dealkylation sites (tertiary alicyclic amines) is 1. The molecule has 4 heterocycles. The van der Waals surface area contributed by atoms with Crippen LogP contribution < -0.4 is 5.56 Å². The van der Waals surface area contributed by atoms with Crippen LogP contribution in [0.15, 0.2) is 35.4 Å². The number of benzene rings is 1. The summed E-state index contributed by atoms with van der Waals surface area (Å²) in [5, 5.41) is 0.613. The van der Waals surface area contributed by atoms with Gasteiger partial charge in [0.05, 0.1) is 17.2 Å². The highest BCUT2D eigenvalue weighted by atomic mass is 16.2. The van der Waals surface area contributed by atoms with Gasteiger partial charge in [-0.1, -0.05) is 12.1 Å². The fourth-order valence-electron chi connectivity index (χ4n) is 5.64. The molecule has 0 saturated carbocycles. The molecule has 3 saturated heterocycles. The fourth-order valence-corrected chi connectivity index (χ4v) is 5.64. The van der Waals surface area contributed by atoms with Crippen LogP contribution in [-0.4, -0.2) is 56.8 Å². The summed E-state index contributed by atoms with van der Waals surface area (Å²) >= 11 is 0. The number of piperidine rings is 3. The summed E-state index contributed by atoms with van der Waals surface area (Å²) < 4.78 is 1.60. The van der Waals surface area contributed by atoms with Crippen molar-refractivity contribution in [2.45, 2.75) is 51.1 Å². The Labute approximate surface area is 175 Å². The number of carbonyl (C=O) groups is 2. The van der Waals surface area contributed by atoms with Gasteiger partial charge >= 0.3 is 0 Å². The molecule has 1 aromatic heterocycles. The van der Waals surface area contributed by atoms with Gasteiger partial charge in [0.2, 0.25) is 11.8 Å². The van der Waals surface area contributed by atoms with Gasteiger partial charge in [0, 0.05) is 45.1 Å². The number of nitrogens with zero attached hydrogens (tertiary/aromatic N) is 4. The lowest BCUT2D eigenvalue weighted by atomic mass is 9.76. The summed E-state index contributed by atoms with van der Waals surface area (Å²) in [4.78, 5) is 46.2. The Hall–Kier alpha value is -2.70. The molecule has 0 spiro atoms. The lowest BCUT2D eigenvalue weighted by Gasteiger charge is -2.52. The molecule has 3 aliphatic heterocycles. The Morgan fingerprint density at radius 1 is 1.13 bits per heavy atom. The first-order chi connectivity index (χ1) is 14.6. The van der Waals surface area contributed by atoms with Gasteiger partial charge in [-0.15, -0.1) is 0 Å². The molecule has 0 radical (unpaired) electrons. The molecule has 7 nitrogen and oxygen atoms in total. The van der Waals surface area contributed by atoms with E-state index >= 15 is 0 Å². The van der Waals surface area contributed by atoms with Crippen LogP contribution in [0.1, 0.15) is 38.5 Å². The summed E-state index contributed by atoms with van der Waals surface area (Å²) in [6.07, 6.45) is 6.50. The predicted molar refractivity (Wildman–Crippen MR) is 113 cm³/mol. The Morgan fingerprint density at radius 3 is 2.90 bits per heavy atom. The number of rotatable bonds is 4. The van der Waals surface area contributed by atoms with E-state index in [-0.39, 0.29) is 11.5 Å². The number of para-hydroxylation sites is 1. The SMILES string of the molecule is O=C(CCCn1cnc2ccccc2c1=O)N1C[C@@H]2C[C@H](C1)C1CCCC(=O)N1C2. The van der Waals surface area contributed by atoms with Crippen LogP contribution in [0.5, 0.6) is 0 Å².